The first-order valence-electron chi connectivity index (χ1n) is 6.78. The first-order chi connectivity index (χ1) is 11.2. The zero-order chi connectivity index (χ0) is 19.2. The number of hydrogen-bond donors (Lipinski definition) is 0. The summed E-state index contributed by atoms with van der Waals surface area (Å²) in [5.74, 6) is -2.24. The standard InChI is InChI=1S/C12H14F5N3O4S.CH4/c1-11(2)4-7(19-24-11)25(21,22)5-6-8(12(15,16)17)18-20(3)9(6)23-10(13)14;/h10H,4-5H2,1-3H3;1H4. The summed E-state index contributed by atoms with van der Waals surface area (Å²) in [6.07, 6.45) is -5.22. The topological polar surface area (TPSA) is 82.8 Å². The summed E-state index contributed by atoms with van der Waals surface area (Å²) >= 11 is 0. The molecule has 0 amide bonds. The van der Waals surface area contributed by atoms with Crippen LogP contribution >= 0.6 is 0 Å². The average Bonchev–Trinajstić information content (AvgIpc) is 2.92. The van der Waals surface area contributed by atoms with Gasteiger partial charge in [-0.25, -0.2) is 13.1 Å². The van der Waals surface area contributed by atoms with Crippen molar-refractivity contribution in [3.8, 4) is 5.88 Å². The number of alkyl halides is 5. The van der Waals surface area contributed by atoms with Gasteiger partial charge in [-0.1, -0.05) is 12.6 Å². The predicted octanol–water partition coefficient (Wildman–Crippen LogP) is 3.10. The fourth-order valence-electron chi connectivity index (χ4n) is 2.19. The van der Waals surface area contributed by atoms with E-state index in [1.54, 1.807) is 0 Å². The van der Waals surface area contributed by atoms with E-state index in [1.165, 1.54) is 13.8 Å². The van der Waals surface area contributed by atoms with Crippen molar-refractivity contribution >= 4 is 14.9 Å². The fourth-order valence-corrected chi connectivity index (χ4v) is 3.71. The highest BCUT2D eigenvalue weighted by atomic mass is 32.2. The van der Waals surface area contributed by atoms with Crippen LogP contribution in [-0.4, -0.2) is 35.5 Å². The molecule has 0 radical (unpaired) electrons. The molecule has 150 valence electrons. The van der Waals surface area contributed by atoms with Gasteiger partial charge >= 0.3 is 12.8 Å². The van der Waals surface area contributed by atoms with Gasteiger partial charge in [-0.05, 0) is 13.8 Å². The zero-order valence-corrected chi connectivity index (χ0v) is 14.1. The molecule has 1 aromatic rings. The van der Waals surface area contributed by atoms with Gasteiger partial charge in [0.2, 0.25) is 5.88 Å². The summed E-state index contributed by atoms with van der Waals surface area (Å²) < 4.78 is 93.4. The molecule has 1 aromatic heterocycles. The summed E-state index contributed by atoms with van der Waals surface area (Å²) in [6.45, 7) is -0.380. The van der Waals surface area contributed by atoms with Crippen LogP contribution in [0, 0.1) is 0 Å². The quantitative estimate of drug-likeness (QED) is 0.717. The molecule has 0 bridgehead atoms. The predicted molar refractivity (Wildman–Crippen MR) is 81.4 cm³/mol. The van der Waals surface area contributed by atoms with Crippen LogP contribution < -0.4 is 4.74 Å². The first-order valence-corrected chi connectivity index (χ1v) is 8.44. The molecule has 26 heavy (non-hydrogen) atoms. The third kappa shape index (κ3) is 4.62. The van der Waals surface area contributed by atoms with Gasteiger partial charge in [0.25, 0.3) is 0 Å². The van der Waals surface area contributed by atoms with E-state index in [0.29, 0.717) is 4.68 Å². The second kappa shape index (κ2) is 7.00. The minimum Gasteiger partial charge on any atom is -0.417 e. The van der Waals surface area contributed by atoms with E-state index in [2.05, 4.69) is 15.0 Å². The highest BCUT2D eigenvalue weighted by molar-refractivity contribution is 8.05. The summed E-state index contributed by atoms with van der Waals surface area (Å²) in [7, 11) is -3.43. The van der Waals surface area contributed by atoms with Crippen molar-refractivity contribution in [3.05, 3.63) is 11.3 Å². The fraction of sp³-hybridized carbons (Fsp3) is 0.692. The average molecular weight is 407 g/mol. The second-order valence-electron chi connectivity index (χ2n) is 5.90. The number of halogens is 5. The molecule has 0 aromatic carbocycles. The lowest BCUT2D eigenvalue weighted by Gasteiger charge is -2.13. The second-order valence-corrected chi connectivity index (χ2v) is 7.89. The van der Waals surface area contributed by atoms with E-state index >= 15 is 0 Å². The SMILES string of the molecule is C.Cn1nc(C(F)(F)F)c(CS(=O)(=O)C2=NOC(C)(C)C2)c1OC(F)F. The molecular weight excluding hydrogens is 389 g/mol. The Morgan fingerprint density at radius 3 is 2.35 bits per heavy atom. The molecule has 0 saturated heterocycles. The maximum atomic E-state index is 13.1. The van der Waals surface area contributed by atoms with Crippen LogP contribution in [0.2, 0.25) is 0 Å². The zero-order valence-electron chi connectivity index (χ0n) is 13.3. The molecule has 0 spiro atoms. The minimum absolute atomic E-state index is 0. The van der Waals surface area contributed by atoms with Crippen molar-refractivity contribution in [2.24, 2.45) is 12.2 Å². The van der Waals surface area contributed by atoms with Crippen molar-refractivity contribution in [2.45, 2.75) is 51.8 Å². The molecule has 2 rings (SSSR count). The van der Waals surface area contributed by atoms with E-state index in [0.717, 1.165) is 7.05 Å². The van der Waals surface area contributed by atoms with Crippen molar-refractivity contribution in [3.63, 3.8) is 0 Å². The molecule has 0 aliphatic carbocycles. The monoisotopic (exact) mass is 407 g/mol. The van der Waals surface area contributed by atoms with Gasteiger partial charge in [0.1, 0.15) is 5.60 Å². The van der Waals surface area contributed by atoms with Crippen LogP contribution in [-0.2, 0) is 33.7 Å². The number of nitrogens with zero attached hydrogens (tertiary/aromatic N) is 3. The van der Waals surface area contributed by atoms with Gasteiger partial charge < -0.3 is 9.57 Å². The van der Waals surface area contributed by atoms with Gasteiger partial charge in [-0.15, -0.1) is 0 Å². The number of rotatable bonds is 4. The normalized spacial score (nSPS) is 16.9. The van der Waals surface area contributed by atoms with Gasteiger partial charge in [0, 0.05) is 13.5 Å². The lowest BCUT2D eigenvalue weighted by molar-refractivity contribution is -0.142. The highest BCUT2D eigenvalue weighted by Crippen LogP contribution is 2.38. The van der Waals surface area contributed by atoms with Gasteiger partial charge in [-0.2, -0.15) is 27.1 Å². The van der Waals surface area contributed by atoms with Crippen LogP contribution in [0.4, 0.5) is 22.0 Å². The molecule has 0 fully saturated rings. The summed E-state index contributed by atoms with van der Waals surface area (Å²) in [5.41, 5.74) is -3.57. The number of sulfone groups is 1. The molecule has 1 aliphatic rings. The largest absolute Gasteiger partial charge is 0.435 e. The van der Waals surface area contributed by atoms with Crippen LogP contribution in [0.1, 0.15) is 39.0 Å². The van der Waals surface area contributed by atoms with Crippen LogP contribution in [0.3, 0.4) is 0 Å². The Balaban J connectivity index is 0.00000338. The Morgan fingerprint density at radius 1 is 1.35 bits per heavy atom. The summed E-state index contributed by atoms with van der Waals surface area (Å²) in [6, 6.07) is 0. The molecule has 0 saturated carbocycles. The van der Waals surface area contributed by atoms with Gasteiger partial charge in [0.05, 0.1) is 11.3 Å². The Bertz CT molecular complexity index is 799. The number of hydrogen-bond acceptors (Lipinski definition) is 6. The third-order valence-electron chi connectivity index (χ3n) is 3.22. The number of oxime groups is 1. The Kier molecular flexibility index (Phi) is 5.96. The van der Waals surface area contributed by atoms with Gasteiger partial charge in [-0.3, -0.25) is 0 Å². The lowest BCUT2D eigenvalue weighted by atomic mass is 10.1. The van der Waals surface area contributed by atoms with E-state index in [1.807, 2.05) is 0 Å². The Hall–Kier alpha value is -1.92. The third-order valence-corrected chi connectivity index (χ3v) is 4.83. The van der Waals surface area contributed by atoms with E-state index in [-0.39, 0.29) is 13.8 Å². The van der Waals surface area contributed by atoms with Crippen molar-refractivity contribution in [1.82, 2.24) is 9.78 Å². The molecule has 0 atom stereocenters. The van der Waals surface area contributed by atoms with Gasteiger partial charge in [0.15, 0.2) is 20.6 Å². The maximum Gasteiger partial charge on any atom is 0.435 e. The molecule has 13 heteroatoms. The molecular formula is C13H18F5N3O4S. The Morgan fingerprint density at radius 2 is 1.92 bits per heavy atom. The smallest absolute Gasteiger partial charge is 0.417 e. The number of ether oxygens (including phenoxy) is 1. The van der Waals surface area contributed by atoms with E-state index < -0.39 is 56.2 Å². The van der Waals surface area contributed by atoms with Crippen LogP contribution in [0.15, 0.2) is 5.16 Å². The maximum absolute atomic E-state index is 13.1. The van der Waals surface area contributed by atoms with Crippen LogP contribution in [0.25, 0.3) is 0 Å². The van der Waals surface area contributed by atoms with Crippen LogP contribution in [0.5, 0.6) is 5.88 Å². The van der Waals surface area contributed by atoms with Crippen molar-refractivity contribution < 1.29 is 39.9 Å². The van der Waals surface area contributed by atoms with E-state index in [9.17, 15) is 30.4 Å². The number of aryl methyl sites for hydroxylation is 1. The molecule has 7 nitrogen and oxygen atoms in total. The Labute approximate surface area is 146 Å². The first kappa shape index (κ1) is 22.1. The van der Waals surface area contributed by atoms with Crippen molar-refractivity contribution in [1.29, 1.82) is 0 Å². The van der Waals surface area contributed by atoms with E-state index in [4.69, 9.17) is 4.84 Å². The van der Waals surface area contributed by atoms with Crippen molar-refractivity contribution in [2.75, 3.05) is 0 Å². The molecule has 0 unspecified atom stereocenters. The highest BCUT2D eigenvalue weighted by Gasteiger charge is 2.43. The lowest BCUT2D eigenvalue weighted by Crippen LogP contribution is -2.24. The molecule has 0 N–H and O–H groups in total. The molecule has 1 aliphatic heterocycles. The minimum atomic E-state index is -5.06. The summed E-state index contributed by atoms with van der Waals surface area (Å²) in [4.78, 5) is 4.89. The summed E-state index contributed by atoms with van der Waals surface area (Å²) in [5, 5.41) is 5.97. The molecule has 2 heterocycles. The number of aromatic nitrogens is 2.